The number of anilines is 1. The monoisotopic (exact) mass is 466 g/mol. The van der Waals surface area contributed by atoms with E-state index in [1.54, 1.807) is 43.7 Å². The predicted octanol–water partition coefficient (Wildman–Crippen LogP) is 2.68. The average Bonchev–Trinajstić information content (AvgIpc) is 3.27. The first-order valence-corrected chi connectivity index (χ1v) is 9.23. The predicted molar refractivity (Wildman–Crippen MR) is 107 cm³/mol. The molecule has 2 aromatic heterocycles. The third kappa shape index (κ3) is 4.52. The van der Waals surface area contributed by atoms with Crippen molar-refractivity contribution in [1.29, 1.82) is 0 Å². The summed E-state index contributed by atoms with van der Waals surface area (Å²) in [6.45, 7) is 0.101. The first kappa shape index (κ1) is 19.9. The molecule has 0 saturated carbocycles. The van der Waals surface area contributed by atoms with Crippen LogP contribution in [0.15, 0.2) is 41.1 Å². The molecule has 3 aromatic rings. The largest absolute Gasteiger partial charge is 0.470 e. The highest BCUT2D eigenvalue weighted by Gasteiger charge is 2.18. The Balaban J connectivity index is 1.67. The van der Waals surface area contributed by atoms with E-state index >= 15 is 0 Å². The molecule has 28 heavy (non-hydrogen) atoms. The van der Waals surface area contributed by atoms with Crippen molar-refractivity contribution >= 4 is 45.0 Å². The number of aromatic nitrogens is 4. The van der Waals surface area contributed by atoms with E-state index in [-0.39, 0.29) is 18.1 Å². The first-order valence-electron chi connectivity index (χ1n) is 8.05. The summed E-state index contributed by atoms with van der Waals surface area (Å²) < 4.78 is 9.28. The molecule has 9 nitrogen and oxygen atoms in total. The Morgan fingerprint density at radius 3 is 2.75 bits per heavy atom. The van der Waals surface area contributed by atoms with E-state index in [9.17, 15) is 9.59 Å². The number of hydrogen-bond donors (Lipinski definition) is 2. The molecule has 2 N–H and O–H groups in total. The summed E-state index contributed by atoms with van der Waals surface area (Å²) in [6, 6.07) is 6.70. The topological polar surface area (TPSA) is 103 Å². The summed E-state index contributed by atoms with van der Waals surface area (Å²) in [4.78, 5) is 24.3. The SMILES string of the molecule is CNC(=O)c1nn(C)cc1NC(=O)c1ccn(COc2ccc(Cl)cc2Br)n1. The molecule has 0 aliphatic rings. The van der Waals surface area contributed by atoms with Crippen LogP contribution in [0.2, 0.25) is 5.02 Å². The minimum atomic E-state index is -0.468. The van der Waals surface area contributed by atoms with Gasteiger partial charge < -0.3 is 15.4 Å². The normalized spacial score (nSPS) is 10.6. The van der Waals surface area contributed by atoms with Gasteiger partial charge in [-0.15, -0.1) is 0 Å². The summed E-state index contributed by atoms with van der Waals surface area (Å²) >= 11 is 9.27. The molecule has 0 radical (unpaired) electrons. The zero-order chi connectivity index (χ0) is 20.3. The molecule has 2 heterocycles. The second-order valence-electron chi connectivity index (χ2n) is 5.69. The third-order valence-corrected chi connectivity index (χ3v) is 4.49. The van der Waals surface area contributed by atoms with Gasteiger partial charge in [0, 0.05) is 31.5 Å². The van der Waals surface area contributed by atoms with Crippen LogP contribution in [-0.2, 0) is 13.8 Å². The number of aryl methyl sites for hydroxylation is 1. The van der Waals surface area contributed by atoms with Gasteiger partial charge in [0.05, 0.1) is 10.2 Å². The van der Waals surface area contributed by atoms with Crippen molar-refractivity contribution in [3.63, 3.8) is 0 Å². The van der Waals surface area contributed by atoms with Crippen LogP contribution in [0.4, 0.5) is 5.69 Å². The smallest absolute Gasteiger partial charge is 0.276 e. The van der Waals surface area contributed by atoms with Gasteiger partial charge >= 0.3 is 0 Å². The highest BCUT2D eigenvalue weighted by Crippen LogP contribution is 2.28. The van der Waals surface area contributed by atoms with Crippen molar-refractivity contribution in [2.45, 2.75) is 6.73 Å². The number of nitrogens with zero attached hydrogens (tertiary/aromatic N) is 4. The second-order valence-corrected chi connectivity index (χ2v) is 6.98. The lowest BCUT2D eigenvalue weighted by Crippen LogP contribution is -2.21. The van der Waals surface area contributed by atoms with Crippen LogP contribution < -0.4 is 15.4 Å². The van der Waals surface area contributed by atoms with Crippen molar-refractivity contribution in [2.75, 3.05) is 12.4 Å². The van der Waals surface area contributed by atoms with Gasteiger partial charge in [-0.25, -0.2) is 4.68 Å². The van der Waals surface area contributed by atoms with Gasteiger partial charge in [0.25, 0.3) is 11.8 Å². The van der Waals surface area contributed by atoms with Crippen molar-refractivity contribution in [3.05, 3.63) is 57.5 Å². The van der Waals surface area contributed by atoms with Gasteiger partial charge in [0.2, 0.25) is 0 Å². The summed E-state index contributed by atoms with van der Waals surface area (Å²) in [5, 5.41) is 13.9. The number of halogens is 2. The number of carbonyl (C=O) groups is 2. The van der Waals surface area contributed by atoms with E-state index in [4.69, 9.17) is 16.3 Å². The van der Waals surface area contributed by atoms with Gasteiger partial charge in [0.15, 0.2) is 18.1 Å². The van der Waals surface area contributed by atoms with Crippen LogP contribution in [-0.4, -0.2) is 38.4 Å². The van der Waals surface area contributed by atoms with E-state index in [1.165, 1.54) is 16.4 Å². The van der Waals surface area contributed by atoms with Gasteiger partial charge in [-0.05, 0) is 40.2 Å². The molecular formula is C17H16BrClN6O3. The summed E-state index contributed by atoms with van der Waals surface area (Å²) in [6.07, 6.45) is 3.16. The van der Waals surface area contributed by atoms with Crippen LogP contribution in [0.3, 0.4) is 0 Å². The van der Waals surface area contributed by atoms with Gasteiger partial charge in [0.1, 0.15) is 5.75 Å². The lowest BCUT2D eigenvalue weighted by Gasteiger charge is -2.08. The Bertz CT molecular complexity index is 1030. The van der Waals surface area contributed by atoms with Crippen molar-refractivity contribution in [3.8, 4) is 5.75 Å². The van der Waals surface area contributed by atoms with Crippen LogP contribution in [0, 0.1) is 0 Å². The molecule has 0 aliphatic heterocycles. The zero-order valence-corrected chi connectivity index (χ0v) is 17.3. The number of amides is 2. The Morgan fingerprint density at radius 1 is 1.25 bits per heavy atom. The van der Waals surface area contributed by atoms with E-state index < -0.39 is 11.8 Å². The number of carbonyl (C=O) groups excluding carboxylic acids is 2. The number of rotatable bonds is 6. The van der Waals surface area contributed by atoms with Crippen molar-refractivity contribution in [1.82, 2.24) is 24.9 Å². The summed E-state index contributed by atoms with van der Waals surface area (Å²) in [5.74, 6) is -0.274. The molecule has 11 heteroatoms. The summed E-state index contributed by atoms with van der Waals surface area (Å²) in [7, 11) is 3.15. The number of nitrogens with one attached hydrogen (secondary N) is 2. The van der Waals surface area contributed by atoms with Gasteiger partial charge in [-0.1, -0.05) is 11.6 Å². The maximum atomic E-state index is 12.4. The van der Waals surface area contributed by atoms with E-state index in [1.807, 2.05) is 0 Å². The lowest BCUT2D eigenvalue weighted by molar-refractivity contribution is 0.0958. The molecule has 0 atom stereocenters. The third-order valence-electron chi connectivity index (χ3n) is 3.64. The highest BCUT2D eigenvalue weighted by atomic mass is 79.9. The highest BCUT2D eigenvalue weighted by molar-refractivity contribution is 9.10. The Morgan fingerprint density at radius 2 is 2.04 bits per heavy atom. The minimum Gasteiger partial charge on any atom is -0.470 e. The van der Waals surface area contributed by atoms with Crippen LogP contribution >= 0.6 is 27.5 Å². The lowest BCUT2D eigenvalue weighted by atomic mass is 10.3. The first-order chi connectivity index (χ1) is 13.4. The number of hydrogen-bond acceptors (Lipinski definition) is 5. The zero-order valence-electron chi connectivity index (χ0n) is 14.9. The molecule has 0 aliphatic carbocycles. The van der Waals surface area contributed by atoms with Gasteiger partial charge in [-0.2, -0.15) is 10.2 Å². The van der Waals surface area contributed by atoms with Crippen LogP contribution in [0.1, 0.15) is 21.0 Å². The molecule has 0 bridgehead atoms. The number of ether oxygens (including phenoxy) is 1. The molecule has 0 saturated heterocycles. The molecule has 0 fully saturated rings. The Hall–Kier alpha value is -2.85. The molecule has 146 valence electrons. The van der Waals surface area contributed by atoms with E-state index in [0.29, 0.717) is 20.9 Å². The maximum absolute atomic E-state index is 12.4. The average molecular weight is 468 g/mol. The fraction of sp³-hybridized carbons (Fsp3) is 0.176. The van der Waals surface area contributed by atoms with Crippen molar-refractivity contribution < 1.29 is 14.3 Å². The fourth-order valence-electron chi connectivity index (χ4n) is 2.34. The molecular weight excluding hydrogens is 452 g/mol. The summed E-state index contributed by atoms with van der Waals surface area (Å²) in [5.41, 5.74) is 0.585. The minimum absolute atomic E-state index is 0.101. The Kier molecular flexibility index (Phi) is 6.00. The molecule has 3 rings (SSSR count). The molecule has 0 spiro atoms. The molecule has 2 amide bonds. The van der Waals surface area contributed by atoms with Crippen LogP contribution in [0.5, 0.6) is 5.75 Å². The number of benzene rings is 1. The fourth-order valence-corrected chi connectivity index (χ4v) is 3.13. The maximum Gasteiger partial charge on any atom is 0.276 e. The molecule has 0 unspecified atom stereocenters. The Labute approximate surface area is 173 Å². The van der Waals surface area contributed by atoms with Crippen molar-refractivity contribution in [2.24, 2.45) is 7.05 Å². The standard InChI is InChI=1S/C17H16BrClN6O3/c1-20-17(27)15-13(8-24(2)23-15)21-16(26)12-5-6-25(22-12)9-28-14-4-3-10(19)7-11(14)18/h3-8H,9H2,1-2H3,(H,20,27)(H,21,26). The second kappa shape index (κ2) is 8.44. The van der Waals surface area contributed by atoms with E-state index in [2.05, 4.69) is 36.8 Å². The quantitative estimate of drug-likeness (QED) is 0.580. The molecule has 1 aromatic carbocycles. The van der Waals surface area contributed by atoms with Gasteiger partial charge in [-0.3, -0.25) is 14.3 Å². The van der Waals surface area contributed by atoms with E-state index in [0.717, 1.165) is 0 Å². The van der Waals surface area contributed by atoms with Crippen LogP contribution in [0.25, 0.3) is 0 Å².